The van der Waals surface area contributed by atoms with Crippen molar-refractivity contribution in [2.45, 2.75) is 52.1 Å². The van der Waals surface area contributed by atoms with Crippen molar-refractivity contribution < 1.29 is 4.74 Å². The van der Waals surface area contributed by atoms with E-state index in [0.717, 1.165) is 24.4 Å². The molecular formula is C14H25N3O. The van der Waals surface area contributed by atoms with Crippen molar-refractivity contribution in [1.82, 2.24) is 16.4 Å². The maximum atomic E-state index is 5.96. The van der Waals surface area contributed by atoms with E-state index in [-0.39, 0.29) is 5.60 Å². The van der Waals surface area contributed by atoms with Gasteiger partial charge in [0, 0.05) is 11.4 Å². The zero-order valence-electron chi connectivity index (χ0n) is 11.7. The molecule has 0 amide bonds. The lowest BCUT2D eigenvalue weighted by atomic mass is 10.0. The van der Waals surface area contributed by atoms with Gasteiger partial charge in [-0.1, -0.05) is 0 Å². The quantitative estimate of drug-likeness (QED) is 0.703. The number of rotatable bonds is 2. The van der Waals surface area contributed by atoms with Crippen molar-refractivity contribution in [1.29, 1.82) is 0 Å². The lowest BCUT2D eigenvalue weighted by molar-refractivity contribution is -0.0122. The Balaban J connectivity index is 1.53. The summed E-state index contributed by atoms with van der Waals surface area (Å²) >= 11 is 0. The average molecular weight is 251 g/mol. The summed E-state index contributed by atoms with van der Waals surface area (Å²) in [6.07, 6.45) is 4.95. The second-order valence-corrected chi connectivity index (χ2v) is 6.82. The summed E-state index contributed by atoms with van der Waals surface area (Å²) in [6.45, 7) is 7.38. The van der Waals surface area contributed by atoms with Crippen LogP contribution >= 0.6 is 0 Å². The lowest BCUT2D eigenvalue weighted by Gasteiger charge is -2.19. The molecule has 4 nitrogen and oxygen atoms in total. The van der Waals surface area contributed by atoms with Crippen molar-refractivity contribution in [2.24, 2.45) is 17.8 Å². The van der Waals surface area contributed by atoms with Crippen LogP contribution < -0.4 is 16.4 Å². The van der Waals surface area contributed by atoms with Crippen LogP contribution in [0.25, 0.3) is 0 Å². The lowest BCUT2D eigenvalue weighted by Crippen LogP contribution is -2.32. The number of allylic oxidation sites excluding steroid dienone is 2. The molecule has 4 heteroatoms. The number of ether oxygens (including phenoxy) is 1. The Morgan fingerprint density at radius 3 is 2.11 bits per heavy atom. The number of hydrazine groups is 2. The minimum absolute atomic E-state index is 0.00487. The van der Waals surface area contributed by atoms with Crippen LogP contribution in [0.5, 0.6) is 0 Å². The Hall–Kier alpha value is -0.740. The second-order valence-electron chi connectivity index (χ2n) is 6.82. The van der Waals surface area contributed by atoms with Crippen LogP contribution in [0.4, 0.5) is 0 Å². The topological polar surface area (TPSA) is 45.3 Å². The highest BCUT2D eigenvalue weighted by molar-refractivity contribution is 5.17. The molecule has 3 N–H and O–H groups in total. The molecule has 1 heterocycles. The van der Waals surface area contributed by atoms with Crippen molar-refractivity contribution >= 4 is 0 Å². The predicted octanol–water partition coefficient (Wildman–Crippen LogP) is 2.06. The van der Waals surface area contributed by atoms with Crippen LogP contribution in [-0.2, 0) is 4.74 Å². The molecule has 0 radical (unpaired) electrons. The molecule has 2 atom stereocenters. The maximum absolute atomic E-state index is 5.96. The molecule has 2 unspecified atom stereocenters. The highest BCUT2D eigenvalue weighted by Crippen LogP contribution is 2.54. The fraction of sp³-hybridized carbons (Fsp3) is 0.857. The molecule has 3 aliphatic rings. The van der Waals surface area contributed by atoms with Gasteiger partial charge in [-0.2, -0.15) is 5.53 Å². The first-order chi connectivity index (χ1) is 8.54. The summed E-state index contributed by atoms with van der Waals surface area (Å²) in [7, 11) is 0. The van der Waals surface area contributed by atoms with Crippen LogP contribution in [0.2, 0.25) is 0 Å². The summed E-state index contributed by atoms with van der Waals surface area (Å²) in [5.74, 6) is 2.59. The van der Waals surface area contributed by atoms with Crippen LogP contribution in [0, 0.1) is 17.8 Å². The third-order valence-electron chi connectivity index (χ3n) is 4.46. The SMILES string of the molecule is CC(C)(C)OCC1C2CCC3=C(CCC21)NNN3. The van der Waals surface area contributed by atoms with Gasteiger partial charge in [0.15, 0.2) is 0 Å². The average Bonchev–Trinajstić information content (AvgIpc) is 2.72. The summed E-state index contributed by atoms with van der Waals surface area (Å²) < 4.78 is 5.96. The Bertz CT molecular complexity index is 335. The molecule has 0 aromatic rings. The first-order valence-electron chi connectivity index (χ1n) is 7.17. The molecule has 0 aromatic heterocycles. The van der Waals surface area contributed by atoms with E-state index in [4.69, 9.17) is 4.74 Å². The smallest absolute Gasteiger partial charge is 0.0598 e. The van der Waals surface area contributed by atoms with E-state index in [2.05, 4.69) is 37.2 Å². The van der Waals surface area contributed by atoms with Gasteiger partial charge >= 0.3 is 0 Å². The molecule has 2 aliphatic carbocycles. The monoisotopic (exact) mass is 251 g/mol. The summed E-state index contributed by atoms with van der Waals surface area (Å²) in [6, 6.07) is 0. The molecule has 1 aliphatic heterocycles. The maximum Gasteiger partial charge on any atom is 0.0598 e. The molecular weight excluding hydrogens is 226 g/mol. The van der Waals surface area contributed by atoms with Gasteiger partial charge in [0.1, 0.15) is 0 Å². The number of nitrogens with one attached hydrogen (secondary N) is 3. The number of hydrogen-bond donors (Lipinski definition) is 3. The van der Waals surface area contributed by atoms with Crippen LogP contribution in [-0.4, -0.2) is 12.2 Å². The Kier molecular flexibility index (Phi) is 3.02. The molecule has 1 fully saturated rings. The molecule has 0 saturated heterocycles. The molecule has 18 heavy (non-hydrogen) atoms. The number of hydrogen-bond acceptors (Lipinski definition) is 4. The van der Waals surface area contributed by atoms with E-state index < -0.39 is 0 Å². The van der Waals surface area contributed by atoms with Gasteiger partial charge in [0.25, 0.3) is 0 Å². The summed E-state index contributed by atoms with van der Waals surface area (Å²) in [5.41, 5.74) is 12.2. The standard InChI is InChI=1S/C14H25N3O/c1-14(2,3)18-8-11-9-4-6-12-13(16-17-15-12)7-5-10(9)11/h9-11,15-17H,4-8H2,1-3H3. The van der Waals surface area contributed by atoms with Crippen LogP contribution in [0.3, 0.4) is 0 Å². The normalized spacial score (nSPS) is 34.9. The zero-order valence-corrected chi connectivity index (χ0v) is 11.7. The Morgan fingerprint density at radius 1 is 1.06 bits per heavy atom. The fourth-order valence-corrected chi connectivity index (χ4v) is 3.36. The fourth-order valence-electron chi connectivity index (χ4n) is 3.36. The van der Waals surface area contributed by atoms with E-state index in [1.807, 2.05) is 0 Å². The third kappa shape index (κ3) is 2.50. The first kappa shape index (κ1) is 12.3. The van der Waals surface area contributed by atoms with Gasteiger partial charge in [-0.3, -0.25) is 0 Å². The minimum atomic E-state index is 0.00487. The highest BCUT2D eigenvalue weighted by Gasteiger charge is 2.50. The van der Waals surface area contributed by atoms with Crippen molar-refractivity contribution in [2.75, 3.05) is 6.61 Å². The largest absolute Gasteiger partial charge is 0.376 e. The van der Waals surface area contributed by atoms with E-state index in [9.17, 15) is 0 Å². The van der Waals surface area contributed by atoms with E-state index in [0.29, 0.717) is 0 Å². The minimum Gasteiger partial charge on any atom is -0.376 e. The zero-order chi connectivity index (χ0) is 12.8. The van der Waals surface area contributed by atoms with E-state index in [1.54, 1.807) is 0 Å². The van der Waals surface area contributed by atoms with E-state index >= 15 is 0 Å². The van der Waals surface area contributed by atoms with Crippen molar-refractivity contribution in [3.8, 4) is 0 Å². The molecule has 0 aromatic carbocycles. The van der Waals surface area contributed by atoms with Gasteiger partial charge < -0.3 is 15.6 Å². The molecule has 1 saturated carbocycles. The van der Waals surface area contributed by atoms with Gasteiger partial charge in [-0.15, -0.1) is 0 Å². The Morgan fingerprint density at radius 2 is 1.61 bits per heavy atom. The van der Waals surface area contributed by atoms with Crippen LogP contribution in [0.15, 0.2) is 11.4 Å². The number of fused-ring (bicyclic) bond motifs is 1. The van der Waals surface area contributed by atoms with E-state index in [1.165, 1.54) is 37.1 Å². The predicted molar refractivity (Wildman–Crippen MR) is 71.1 cm³/mol. The molecule has 3 rings (SSSR count). The second kappa shape index (κ2) is 4.42. The van der Waals surface area contributed by atoms with Gasteiger partial charge in [-0.05, 0) is 64.2 Å². The van der Waals surface area contributed by atoms with Gasteiger partial charge in [0.05, 0.1) is 12.2 Å². The Labute approximate surface area is 109 Å². The van der Waals surface area contributed by atoms with Crippen molar-refractivity contribution in [3.63, 3.8) is 0 Å². The summed E-state index contributed by atoms with van der Waals surface area (Å²) in [4.78, 5) is 0. The van der Waals surface area contributed by atoms with Gasteiger partial charge in [-0.25, -0.2) is 0 Å². The molecule has 0 bridgehead atoms. The van der Waals surface area contributed by atoms with Gasteiger partial charge in [0.2, 0.25) is 0 Å². The molecule has 0 spiro atoms. The van der Waals surface area contributed by atoms with Crippen LogP contribution in [0.1, 0.15) is 46.5 Å². The molecule has 102 valence electrons. The summed E-state index contributed by atoms with van der Waals surface area (Å²) in [5, 5.41) is 0. The third-order valence-corrected chi connectivity index (χ3v) is 4.46. The highest BCUT2D eigenvalue weighted by atomic mass is 16.5. The first-order valence-corrected chi connectivity index (χ1v) is 7.17. The van der Waals surface area contributed by atoms with Crippen molar-refractivity contribution in [3.05, 3.63) is 11.4 Å².